The van der Waals surface area contributed by atoms with Crippen LogP contribution in [0.3, 0.4) is 0 Å². The van der Waals surface area contributed by atoms with E-state index in [-0.39, 0.29) is 0 Å². The van der Waals surface area contributed by atoms with Crippen molar-refractivity contribution in [2.75, 3.05) is 19.6 Å². The molecule has 0 aromatic carbocycles. The molecule has 106 valence electrons. The number of pyridine rings is 1. The van der Waals surface area contributed by atoms with Gasteiger partial charge in [-0.25, -0.2) is 9.78 Å². The molecule has 3 heterocycles. The second-order valence-electron chi connectivity index (χ2n) is 5.34. The summed E-state index contributed by atoms with van der Waals surface area (Å²) in [5, 5.41) is 8.99. The van der Waals surface area contributed by atoms with Crippen LogP contribution in [-0.4, -0.2) is 45.0 Å². The molecule has 0 atom stereocenters. The minimum atomic E-state index is -0.899. The van der Waals surface area contributed by atoms with Gasteiger partial charge in [0.1, 0.15) is 5.82 Å². The highest BCUT2D eigenvalue weighted by atomic mass is 16.4. The van der Waals surface area contributed by atoms with Crippen molar-refractivity contribution in [1.29, 1.82) is 0 Å². The highest BCUT2D eigenvalue weighted by Crippen LogP contribution is 2.13. The maximum Gasteiger partial charge on any atom is 0.335 e. The molecule has 0 radical (unpaired) electrons. The summed E-state index contributed by atoms with van der Waals surface area (Å²) >= 11 is 0. The van der Waals surface area contributed by atoms with Gasteiger partial charge in [0, 0.05) is 19.2 Å². The van der Waals surface area contributed by atoms with Crippen LogP contribution in [0, 0.1) is 0 Å². The minimum Gasteiger partial charge on any atom is -0.478 e. The van der Waals surface area contributed by atoms with Crippen molar-refractivity contribution in [2.45, 2.75) is 25.7 Å². The van der Waals surface area contributed by atoms with Gasteiger partial charge in [-0.3, -0.25) is 0 Å². The highest BCUT2D eigenvalue weighted by Gasteiger charge is 2.12. The normalized spacial score (nSPS) is 16.6. The van der Waals surface area contributed by atoms with E-state index in [1.54, 1.807) is 24.5 Å². The van der Waals surface area contributed by atoms with Gasteiger partial charge in [0.2, 0.25) is 0 Å². The lowest BCUT2D eigenvalue weighted by Gasteiger charge is -2.25. The van der Waals surface area contributed by atoms with Gasteiger partial charge in [0.25, 0.3) is 0 Å². The third-order valence-electron chi connectivity index (χ3n) is 3.96. The summed E-state index contributed by atoms with van der Waals surface area (Å²) in [6.45, 7) is 3.40. The monoisotopic (exact) mass is 273 g/mol. The molecule has 0 bridgehead atoms. The Morgan fingerprint density at radius 3 is 2.85 bits per heavy atom. The number of likely N-dealkylation sites (tertiary alicyclic amines) is 1. The first kappa shape index (κ1) is 13.1. The molecule has 0 spiro atoms. The number of aromatic nitrogens is 2. The van der Waals surface area contributed by atoms with Crippen molar-refractivity contribution in [3.8, 4) is 0 Å². The van der Waals surface area contributed by atoms with E-state index in [0.29, 0.717) is 5.56 Å². The molecule has 1 saturated heterocycles. The van der Waals surface area contributed by atoms with Crippen LogP contribution in [0.4, 0.5) is 0 Å². The number of imidazole rings is 1. The van der Waals surface area contributed by atoms with Crippen LogP contribution in [0.15, 0.2) is 24.5 Å². The topological polar surface area (TPSA) is 57.8 Å². The fourth-order valence-electron chi connectivity index (χ4n) is 2.81. The summed E-state index contributed by atoms with van der Waals surface area (Å²) in [5.74, 6) is 0.103. The van der Waals surface area contributed by atoms with Crippen LogP contribution >= 0.6 is 0 Å². The van der Waals surface area contributed by atoms with Crippen LogP contribution in [0.2, 0.25) is 0 Å². The van der Waals surface area contributed by atoms with Crippen LogP contribution in [0.1, 0.15) is 35.4 Å². The molecule has 3 rings (SSSR count). The molecule has 1 aliphatic heterocycles. The largest absolute Gasteiger partial charge is 0.478 e. The highest BCUT2D eigenvalue weighted by molar-refractivity contribution is 5.88. The Hall–Kier alpha value is -1.88. The first-order valence-corrected chi connectivity index (χ1v) is 7.16. The van der Waals surface area contributed by atoms with Crippen LogP contribution < -0.4 is 0 Å². The van der Waals surface area contributed by atoms with E-state index < -0.39 is 5.97 Å². The molecule has 2 aromatic rings. The number of carboxylic acid groups (broad SMARTS) is 1. The Labute approximate surface area is 117 Å². The number of carboxylic acids is 1. The molecule has 5 nitrogen and oxygen atoms in total. The number of rotatable bonds is 4. The summed E-state index contributed by atoms with van der Waals surface area (Å²) < 4.78 is 1.98. The quantitative estimate of drug-likeness (QED) is 0.926. The zero-order valence-electron chi connectivity index (χ0n) is 11.5. The maximum atomic E-state index is 10.9. The minimum absolute atomic E-state index is 0.306. The summed E-state index contributed by atoms with van der Waals surface area (Å²) in [6.07, 6.45) is 8.39. The molecular formula is C15H19N3O2. The standard InChI is InChI=1S/C15H19N3O2/c19-15(20)12-4-9-18-13(10-12)11-16-14(18)5-8-17-6-2-1-3-7-17/h4,9-11H,1-3,5-8H2,(H,19,20). The van der Waals surface area contributed by atoms with Gasteiger partial charge in [-0.2, -0.15) is 0 Å². The molecular weight excluding hydrogens is 254 g/mol. The van der Waals surface area contributed by atoms with Crippen LogP contribution in [0.25, 0.3) is 5.52 Å². The fraction of sp³-hybridized carbons (Fsp3) is 0.467. The number of aromatic carboxylic acids is 1. The van der Waals surface area contributed by atoms with Crippen LogP contribution in [-0.2, 0) is 6.42 Å². The molecule has 1 N–H and O–H groups in total. The molecule has 0 amide bonds. The molecule has 2 aromatic heterocycles. The molecule has 0 aliphatic carbocycles. The second kappa shape index (κ2) is 5.63. The number of fused-ring (bicyclic) bond motifs is 1. The Morgan fingerprint density at radius 1 is 1.30 bits per heavy atom. The van der Waals surface area contributed by atoms with Gasteiger partial charge >= 0.3 is 5.97 Å². The zero-order valence-corrected chi connectivity index (χ0v) is 11.5. The molecule has 1 aliphatic rings. The van der Waals surface area contributed by atoms with E-state index >= 15 is 0 Å². The van der Waals surface area contributed by atoms with Crippen molar-refractivity contribution in [1.82, 2.24) is 14.3 Å². The lowest BCUT2D eigenvalue weighted by molar-refractivity contribution is 0.0697. The summed E-state index contributed by atoms with van der Waals surface area (Å²) in [7, 11) is 0. The van der Waals surface area contributed by atoms with Gasteiger partial charge in [0.15, 0.2) is 0 Å². The van der Waals surface area contributed by atoms with Gasteiger partial charge in [-0.1, -0.05) is 6.42 Å². The summed E-state index contributed by atoms with van der Waals surface area (Å²) in [5.41, 5.74) is 1.15. The maximum absolute atomic E-state index is 10.9. The Balaban J connectivity index is 1.73. The SMILES string of the molecule is O=C(O)c1ccn2c(CCN3CCCCC3)ncc2c1. The van der Waals surface area contributed by atoms with E-state index in [1.165, 1.54) is 32.4 Å². The number of piperidine rings is 1. The molecule has 0 unspecified atom stereocenters. The molecule has 20 heavy (non-hydrogen) atoms. The van der Waals surface area contributed by atoms with E-state index in [2.05, 4.69) is 9.88 Å². The predicted octanol–water partition coefficient (Wildman–Crippen LogP) is 2.06. The van der Waals surface area contributed by atoms with Crippen LogP contribution in [0.5, 0.6) is 0 Å². The summed E-state index contributed by atoms with van der Waals surface area (Å²) in [6, 6.07) is 3.29. The summed E-state index contributed by atoms with van der Waals surface area (Å²) in [4.78, 5) is 17.9. The number of hydrogen-bond acceptors (Lipinski definition) is 3. The van der Waals surface area contributed by atoms with E-state index in [0.717, 1.165) is 24.3 Å². The van der Waals surface area contributed by atoms with Crippen molar-refractivity contribution in [3.63, 3.8) is 0 Å². The van der Waals surface area contributed by atoms with Gasteiger partial charge < -0.3 is 14.4 Å². The van der Waals surface area contributed by atoms with Crippen molar-refractivity contribution >= 4 is 11.5 Å². The van der Waals surface area contributed by atoms with E-state index in [1.807, 2.05) is 4.40 Å². The Morgan fingerprint density at radius 2 is 2.10 bits per heavy atom. The smallest absolute Gasteiger partial charge is 0.335 e. The lowest BCUT2D eigenvalue weighted by Crippen LogP contribution is -2.31. The average molecular weight is 273 g/mol. The van der Waals surface area contributed by atoms with Crippen molar-refractivity contribution in [3.05, 3.63) is 35.9 Å². The first-order valence-electron chi connectivity index (χ1n) is 7.16. The predicted molar refractivity (Wildman–Crippen MR) is 76.1 cm³/mol. The fourth-order valence-corrected chi connectivity index (χ4v) is 2.81. The molecule has 0 saturated carbocycles. The third kappa shape index (κ3) is 2.67. The van der Waals surface area contributed by atoms with Gasteiger partial charge in [-0.15, -0.1) is 0 Å². The number of hydrogen-bond donors (Lipinski definition) is 1. The second-order valence-corrected chi connectivity index (χ2v) is 5.34. The Bertz CT molecular complexity index is 615. The van der Waals surface area contributed by atoms with Crippen molar-refractivity contribution in [2.24, 2.45) is 0 Å². The first-order chi connectivity index (χ1) is 9.74. The van der Waals surface area contributed by atoms with E-state index in [9.17, 15) is 4.79 Å². The Kier molecular flexibility index (Phi) is 3.69. The molecule has 5 heteroatoms. The van der Waals surface area contributed by atoms with Gasteiger partial charge in [-0.05, 0) is 38.1 Å². The van der Waals surface area contributed by atoms with Crippen molar-refractivity contribution < 1.29 is 9.90 Å². The molecule has 1 fully saturated rings. The van der Waals surface area contributed by atoms with E-state index in [4.69, 9.17) is 5.11 Å². The van der Waals surface area contributed by atoms with Gasteiger partial charge in [0.05, 0.1) is 17.3 Å². The third-order valence-corrected chi connectivity index (χ3v) is 3.96. The zero-order chi connectivity index (χ0) is 13.9. The number of nitrogens with zero attached hydrogens (tertiary/aromatic N) is 3. The lowest BCUT2D eigenvalue weighted by atomic mass is 10.1. The average Bonchev–Trinajstić information content (AvgIpc) is 2.88. The number of carbonyl (C=O) groups is 1.